The van der Waals surface area contributed by atoms with E-state index in [-0.39, 0.29) is 12.3 Å². The third-order valence-corrected chi connectivity index (χ3v) is 7.45. The van der Waals surface area contributed by atoms with Crippen LogP contribution in [-0.2, 0) is 16.1 Å². The lowest BCUT2D eigenvalue weighted by Gasteiger charge is -2.12. The SMILES string of the molecule is Cc1cc(-c2ccccc2CNc2nc(NC3CC3)n3ncc(/C=C4\CC(=O)NC4=O)c3n2)sc1C#N. The van der Waals surface area contributed by atoms with Crippen molar-refractivity contribution in [2.45, 2.75) is 38.8 Å². The van der Waals surface area contributed by atoms with Crippen molar-refractivity contribution in [3.63, 3.8) is 0 Å². The second kappa shape index (κ2) is 9.15. The van der Waals surface area contributed by atoms with Crippen LogP contribution < -0.4 is 16.0 Å². The number of nitriles is 1. The van der Waals surface area contributed by atoms with Crippen LogP contribution in [0.1, 0.15) is 40.8 Å². The van der Waals surface area contributed by atoms with Crippen molar-refractivity contribution in [2.75, 3.05) is 10.6 Å². The zero-order valence-corrected chi connectivity index (χ0v) is 20.7. The van der Waals surface area contributed by atoms with Crippen molar-refractivity contribution in [2.24, 2.45) is 0 Å². The van der Waals surface area contributed by atoms with Gasteiger partial charge in [0.15, 0.2) is 5.65 Å². The third-order valence-electron chi connectivity index (χ3n) is 6.27. The Labute approximate surface area is 216 Å². The first-order valence-corrected chi connectivity index (χ1v) is 12.7. The standard InChI is InChI=1S/C26H22N8O2S/c1-14-8-20(37-21(14)11-27)19-5-3-2-4-15(19)12-28-25-32-23-17(9-16-10-22(35)31-24(16)36)13-29-34(23)26(33-25)30-18-6-7-18/h2-5,8-9,13,18H,6-7,10,12H2,1H3,(H,31,35,36)(H2,28,30,32,33)/b16-9+. The van der Waals surface area contributed by atoms with Gasteiger partial charge in [0.05, 0.1) is 12.6 Å². The Hall–Kier alpha value is -4.56. The molecule has 0 atom stereocenters. The molecule has 4 aromatic rings. The quantitative estimate of drug-likeness (QED) is 0.253. The highest BCUT2D eigenvalue weighted by Crippen LogP contribution is 2.33. The van der Waals surface area contributed by atoms with Crippen LogP contribution in [0.5, 0.6) is 0 Å². The van der Waals surface area contributed by atoms with Crippen molar-refractivity contribution < 1.29 is 9.59 Å². The molecule has 37 heavy (non-hydrogen) atoms. The molecular formula is C26H22N8O2S. The first-order chi connectivity index (χ1) is 18.0. The van der Waals surface area contributed by atoms with Gasteiger partial charge in [0.2, 0.25) is 17.8 Å². The van der Waals surface area contributed by atoms with Crippen LogP contribution in [0.4, 0.5) is 11.9 Å². The Kier molecular flexibility index (Phi) is 5.65. The maximum Gasteiger partial charge on any atom is 0.254 e. The molecule has 0 spiro atoms. The van der Waals surface area contributed by atoms with E-state index in [4.69, 9.17) is 4.98 Å². The minimum absolute atomic E-state index is 0.0338. The summed E-state index contributed by atoms with van der Waals surface area (Å²) in [5.41, 5.74) is 4.60. The predicted molar refractivity (Wildman–Crippen MR) is 140 cm³/mol. The van der Waals surface area contributed by atoms with Crippen LogP contribution >= 0.6 is 11.3 Å². The molecule has 1 aliphatic carbocycles. The molecule has 11 heteroatoms. The number of imide groups is 1. The number of aryl methyl sites for hydroxylation is 1. The molecule has 184 valence electrons. The number of thiophene rings is 1. The molecule has 1 aromatic carbocycles. The number of anilines is 2. The van der Waals surface area contributed by atoms with E-state index in [1.54, 1.807) is 16.8 Å². The molecule has 1 saturated carbocycles. The Morgan fingerprint density at radius 1 is 1.27 bits per heavy atom. The number of carbonyl (C=O) groups excluding carboxylic acids is 2. The van der Waals surface area contributed by atoms with Crippen LogP contribution in [0.3, 0.4) is 0 Å². The lowest BCUT2D eigenvalue weighted by atomic mass is 10.1. The molecule has 3 aromatic heterocycles. The Balaban J connectivity index is 1.34. The molecule has 3 N–H and O–H groups in total. The highest BCUT2D eigenvalue weighted by Gasteiger charge is 2.26. The van der Waals surface area contributed by atoms with Gasteiger partial charge in [-0.15, -0.1) is 11.3 Å². The third kappa shape index (κ3) is 4.54. The molecule has 2 fully saturated rings. The zero-order valence-electron chi connectivity index (χ0n) is 19.9. The van der Waals surface area contributed by atoms with E-state index in [9.17, 15) is 14.9 Å². The van der Waals surface area contributed by atoms with E-state index in [0.717, 1.165) is 34.4 Å². The summed E-state index contributed by atoms with van der Waals surface area (Å²) in [6.07, 6.45) is 5.43. The first-order valence-electron chi connectivity index (χ1n) is 11.9. The largest absolute Gasteiger partial charge is 0.351 e. The van der Waals surface area contributed by atoms with Gasteiger partial charge >= 0.3 is 0 Å². The number of nitrogens with one attached hydrogen (secondary N) is 3. The second-order valence-corrected chi connectivity index (χ2v) is 10.1. The number of benzene rings is 1. The molecular weight excluding hydrogens is 488 g/mol. The normalized spacial score (nSPS) is 16.3. The minimum Gasteiger partial charge on any atom is -0.351 e. The molecule has 6 rings (SSSR count). The summed E-state index contributed by atoms with van der Waals surface area (Å²) in [5, 5.41) is 22.9. The molecule has 1 saturated heterocycles. The average Bonchev–Trinajstić information content (AvgIpc) is 3.35. The van der Waals surface area contributed by atoms with Crippen molar-refractivity contribution in [1.82, 2.24) is 24.9 Å². The topological polar surface area (TPSA) is 137 Å². The van der Waals surface area contributed by atoms with Gasteiger partial charge in [0, 0.05) is 28.6 Å². The molecule has 2 amide bonds. The van der Waals surface area contributed by atoms with Gasteiger partial charge in [-0.2, -0.15) is 24.8 Å². The molecule has 4 heterocycles. The lowest BCUT2D eigenvalue weighted by molar-refractivity contribution is -0.124. The molecule has 0 radical (unpaired) electrons. The highest BCUT2D eigenvalue weighted by molar-refractivity contribution is 7.16. The Morgan fingerprint density at radius 3 is 2.84 bits per heavy atom. The summed E-state index contributed by atoms with van der Waals surface area (Å²) >= 11 is 1.48. The van der Waals surface area contributed by atoms with E-state index < -0.39 is 5.91 Å². The lowest BCUT2D eigenvalue weighted by Crippen LogP contribution is -2.19. The second-order valence-electron chi connectivity index (χ2n) is 9.09. The summed E-state index contributed by atoms with van der Waals surface area (Å²) in [6, 6.07) is 12.7. The highest BCUT2D eigenvalue weighted by atomic mass is 32.1. The number of aromatic nitrogens is 4. The van der Waals surface area contributed by atoms with Gasteiger partial charge in [-0.05, 0) is 48.6 Å². The molecule has 0 unspecified atom stereocenters. The van der Waals surface area contributed by atoms with Crippen LogP contribution in [-0.4, -0.2) is 37.4 Å². The fourth-order valence-electron chi connectivity index (χ4n) is 4.20. The fraction of sp³-hybridized carbons (Fsp3) is 0.231. The van der Waals surface area contributed by atoms with Crippen molar-refractivity contribution in [1.29, 1.82) is 5.26 Å². The summed E-state index contributed by atoms with van der Waals surface area (Å²) in [7, 11) is 0. The van der Waals surface area contributed by atoms with Crippen molar-refractivity contribution >= 4 is 46.8 Å². The van der Waals surface area contributed by atoms with Gasteiger partial charge in [-0.25, -0.2) is 0 Å². The van der Waals surface area contributed by atoms with Gasteiger partial charge in [0.1, 0.15) is 10.9 Å². The van der Waals surface area contributed by atoms with Crippen LogP contribution in [0.2, 0.25) is 0 Å². The first kappa shape index (κ1) is 22.9. The van der Waals surface area contributed by atoms with E-state index in [0.29, 0.717) is 46.1 Å². The molecule has 2 aliphatic rings. The van der Waals surface area contributed by atoms with Crippen LogP contribution in [0.25, 0.3) is 22.2 Å². The Morgan fingerprint density at radius 2 is 2.11 bits per heavy atom. The number of fused-ring (bicyclic) bond motifs is 1. The zero-order chi connectivity index (χ0) is 25.5. The van der Waals surface area contributed by atoms with Gasteiger partial charge in [-0.3, -0.25) is 14.9 Å². The summed E-state index contributed by atoms with van der Waals surface area (Å²) in [5.74, 6) is 0.264. The maximum absolute atomic E-state index is 12.1. The minimum atomic E-state index is -0.395. The van der Waals surface area contributed by atoms with E-state index in [2.05, 4.69) is 32.1 Å². The molecule has 1 aliphatic heterocycles. The van der Waals surface area contributed by atoms with Crippen molar-refractivity contribution in [3.05, 3.63) is 63.7 Å². The summed E-state index contributed by atoms with van der Waals surface area (Å²) in [6.45, 7) is 2.41. The number of amides is 2. The Bertz CT molecular complexity index is 1640. The van der Waals surface area contributed by atoms with E-state index in [1.807, 2.05) is 37.3 Å². The monoisotopic (exact) mass is 510 g/mol. The average molecular weight is 511 g/mol. The summed E-state index contributed by atoms with van der Waals surface area (Å²) in [4.78, 5) is 34.8. The summed E-state index contributed by atoms with van der Waals surface area (Å²) < 4.78 is 1.62. The fourth-order valence-corrected chi connectivity index (χ4v) is 5.23. The molecule has 10 nitrogen and oxygen atoms in total. The number of carbonyl (C=O) groups is 2. The van der Waals surface area contributed by atoms with E-state index in [1.165, 1.54) is 11.3 Å². The van der Waals surface area contributed by atoms with Crippen LogP contribution in [0.15, 0.2) is 42.1 Å². The van der Waals surface area contributed by atoms with Gasteiger partial charge in [0.25, 0.3) is 5.91 Å². The maximum atomic E-state index is 12.1. The number of hydrogen-bond donors (Lipinski definition) is 3. The van der Waals surface area contributed by atoms with Crippen molar-refractivity contribution in [3.8, 4) is 16.5 Å². The van der Waals surface area contributed by atoms with E-state index >= 15 is 0 Å². The number of nitrogens with zero attached hydrogens (tertiary/aromatic N) is 5. The predicted octanol–water partition coefficient (Wildman–Crippen LogP) is 3.65. The van der Waals surface area contributed by atoms with Crippen LogP contribution in [0, 0.1) is 18.3 Å². The smallest absolute Gasteiger partial charge is 0.254 e. The van der Waals surface area contributed by atoms with Gasteiger partial charge in [-0.1, -0.05) is 24.3 Å². The molecule has 0 bridgehead atoms. The van der Waals surface area contributed by atoms with Gasteiger partial charge < -0.3 is 10.6 Å². The number of rotatable bonds is 7. The number of hydrogen-bond acceptors (Lipinski definition) is 9.